The molecule has 0 heterocycles. The summed E-state index contributed by atoms with van der Waals surface area (Å²) in [7, 11) is 0. The quantitative estimate of drug-likeness (QED) is 0.716. The van der Waals surface area contributed by atoms with Crippen LogP contribution in [0, 0.1) is 0 Å². The molecule has 0 aromatic heterocycles. The second kappa shape index (κ2) is 7.75. The Hall–Kier alpha value is -2.29. The van der Waals surface area contributed by atoms with Crippen LogP contribution in [0.2, 0.25) is 0 Å². The summed E-state index contributed by atoms with van der Waals surface area (Å²) in [6.45, 7) is 3.03. The number of aromatic carboxylic acids is 1. The predicted octanol–water partition coefficient (Wildman–Crippen LogP) is 6.08. The van der Waals surface area contributed by atoms with Crippen LogP contribution in [0.15, 0.2) is 36.4 Å². The van der Waals surface area contributed by atoms with Gasteiger partial charge in [-0.25, -0.2) is 4.79 Å². The number of rotatable bonds is 4. The van der Waals surface area contributed by atoms with Gasteiger partial charge in [0.15, 0.2) is 0 Å². The molecule has 2 aromatic carbocycles. The van der Waals surface area contributed by atoms with Crippen molar-refractivity contribution in [3.05, 3.63) is 58.7 Å². The number of carboxylic acid groups (broad SMARTS) is 1. The van der Waals surface area contributed by atoms with E-state index in [2.05, 4.69) is 24.0 Å². The van der Waals surface area contributed by atoms with Gasteiger partial charge in [0.05, 0.1) is 5.56 Å². The zero-order valence-corrected chi connectivity index (χ0v) is 16.2. The van der Waals surface area contributed by atoms with Gasteiger partial charge in [-0.1, -0.05) is 12.8 Å². The fraction of sp³-hybridized carbons (Fsp3) is 0.458. The molecular weight excluding hydrogens is 334 g/mol. The molecule has 0 aliphatic heterocycles. The lowest BCUT2D eigenvalue weighted by Gasteiger charge is -2.27. The van der Waals surface area contributed by atoms with Gasteiger partial charge in [0.2, 0.25) is 0 Å². The van der Waals surface area contributed by atoms with Gasteiger partial charge in [0.1, 0.15) is 0 Å². The molecule has 27 heavy (non-hydrogen) atoms. The molecule has 2 aromatic rings. The normalized spacial score (nSPS) is 16.9. The fourth-order valence-electron chi connectivity index (χ4n) is 5.00. The second-order valence-corrected chi connectivity index (χ2v) is 7.96. The van der Waals surface area contributed by atoms with Crippen LogP contribution < -0.4 is 4.90 Å². The number of aryl methyl sites for hydroxylation is 2. The van der Waals surface area contributed by atoms with Crippen molar-refractivity contribution in [2.24, 2.45) is 0 Å². The summed E-state index contributed by atoms with van der Waals surface area (Å²) in [6, 6.07) is 12.1. The molecule has 2 aliphatic rings. The minimum Gasteiger partial charge on any atom is -0.478 e. The van der Waals surface area contributed by atoms with E-state index < -0.39 is 5.97 Å². The molecule has 0 spiro atoms. The monoisotopic (exact) mass is 363 g/mol. The van der Waals surface area contributed by atoms with Crippen molar-refractivity contribution >= 4 is 17.3 Å². The van der Waals surface area contributed by atoms with Gasteiger partial charge < -0.3 is 10.0 Å². The molecule has 0 amide bonds. The van der Waals surface area contributed by atoms with E-state index >= 15 is 0 Å². The summed E-state index contributed by atoms with van der Waals surface area (Å²) < 4.78 is 0. The van der Waals surface area contributed by atoms with Crippen molar-refractivity contribution in [3.63, 3.8) is 0 Å². The van der Waals surface area contributed by atoms with E-state index in [1.54, 1.807) is 28.8 Å². The highest BCUT2D eigenvalue weighted by Crippen LogP contribution is 2.42. The maximum absolute atomic E-state index is 11.2. The van der Waals surface area contributed by atoms with E-state index in [-0.39, 0.29) is 0 Å². The summed E-state index contributed by atoms with van der Waals surface area (Å²) in [5, 5.41) is 9.16. The minimum absolute atomic E-state index is 0.339. The smallest absolute Gasteiger partial charge is 0.335 e. The Morgan fingerprint density at radius 3 is 2.07 bits per heavy atom. The molecule has 142 valence electrons. The summed E-state index contributed by atoms with van der Waals surface area (Å²) in [5.41, 5.74) is 7.46. The molecule has 0 saturated carbocycles. The van der Waals surface area contributed by atoms with Crippen molar-refractivity contribution in [1.82, 2.24) is 0 Å². The average molecular weight is 364 g/mol. The maximum Gasteiger partial charge on any atom is 0.335 e. The van der Waals surface area contributed by atoms with Crippen molar-refractivity contribution in [3.8, 4) is 0 Å². The minimum atomic E-state index is -0.874. The van der Waals surface area contributed by atoms with E-state index in [0.717, 1.165) is 18.2 Å². The Labute approximate surface area is 162 Å². The zero-order chi connectivity index (χ0) is 18.8. The molecule has 1 N–H and O–H groups in total. The maximum atomic E-state index is 11.2. The van der Waals surface area contributed by atoms with Gasteiger partial charge in [-0.2, -0.15) is 0 Å². The molecule has 0 atom stereocenters. The van der Waals surface area contributed by atoms with Crippen molar-refractivity contribution in [1.29, 1.82) is 0 Å². The summed E-state index contributed by atoms with van der Waals surface area (Å²) in [6.07, 6.45) is 10.4. The lowest BCUT2D eigenvalue weighted by molar-refractivity contribution is 0.0697. The molecular formula is C24H29NO2. The molecule has 3 nitrogen and oxygen atoms in total. The molecule has 0 unspecified atom stereocenters. The Morgan fingerprint density at radius 2 is 1.56 bits per heavy atom. The average Bonchev–Trinajstić information content (AvgIpc) is 3.01. The largest absolute Gasteiger partial charge is 0.478 e. The standard InChI is InChI=1S/C24H29NO2/c1-2-25(21-13-11-18(12-14-21)24(26)27)22-15-19-9-5-3-7-17-8-4-6-10-20(16-22)23(17)19/h11-17H,2-10H2,1H3,(H,26,27). The SMILES string of the molecule is CCN(c1ccc(C(=O)O)cc1)c1cc2c3c(c1)CCCCC3CCCC2. The number of carbonyl (C=O) groups is 1. The zero-order valence-electron chi connectivity index (χ0n) is 16.2. The number of hydrogen-bond acceptors (Lipinski definition) is 2. The van der Waals surface area contributed by atoms with Crippen LogP contribution in [0.25, 0.3) is 0 Å². The molecule has 0 fully saturated rings. The third-order valence-corrected chi connectivity index (χ3v) is 6.30. The van der Waals surface area contributed by atoms with E-state index in [0.29, 0.717) is 5.56 Å². The van der Waals surface area contributed by atoms with E-state index in [1.165, 1.54) is 57.1 Å². The molecule has 3 heteroatoms. The lowest BCUT2D eigenvalue weighted by Crippen LogP contribution is -2.17. The second-order valence-electron chi connectivity index (χ2n) is 7.96. The van der Waals surface area contributed by atoms with Crippen LogP contribution in [0.4, 0.5) is 11.4 Å². The Morgan fingerprint density at radius 1 is 0.963 bits per heavy atom. The lowest BCUT2D eigenvalue weighted by atomic mass is 9.86. The molecule has 4 rings (SSSR count). The summed E-state index contributed by atoms with van der Waals surface area (Å²) in [5.74, 6) is -0.111. The highest BCUT2D eigenvalue weighted by molar-refractivity contribution is 5.88. The first kappa shape index (κ1) is 18.1. The predicted molar refractivity (Wildman–Crippen MR) is 110 cm³/mol. The van der Waals surface area contributed by atoms with Gasteiger partial charge in [-0.3, -0.25) is 0 Å². The molecule has 0 radical (unpaired) electrons. The Balaban J connectivity index is 1.75. The molecule has 0 saturated heterocycles. The van der Waals surface area contributed by atoms with Crippen molar-refractivity contribution < 1.29 is 9.90 Å². The Bertz CT molecular complexity index is 792. The van der Waals surface area contributed by atoms with Gasteiger partial charge in [0, 0.05) is 17.9 Å². The third-order valence-electron chi connectivity index (χ3n) is 6.30. The van der Waals surface area contributed by atoms with Gasteiger partial charge in [-0.05, 0) is 104 Å². The van der Waals surface area contributed by atoms with E-state index in [9.17, 15) is 4.79 Å². The summed E-state index contributed by atoms with van der Waals surface area (Å²) in [4.78, 5) is 13.5. The van der Waals surface area contributed by atoms with Crippen LogP contribution >= 0.6 is 0 Å². The van der Waals surface area contributed by atoms with Crippen molar-refractivity contribution in [2.45, 2.75) is 64.2 Å². The summed E-state index contributed by atoms with van der Waals surface area (Å²) >= 11 is 0. The first-order valence-corrected chi connectivity index (χ1v) is 10.4. The number of anilines is 2. The Kier molecular flexibility index (Phi) is 5.20. The van der Waals surface area contributed by atoms with Crippen molar-refractivity contribution in [2.75, 3.05) is 11.4 Å². The first-order valence-electron chi connectivity index (χ1n) is 10.4. The van der Waals surface area contributed by atoms with Crippen LogP contribution in [0.1, 0.15) is 78.4 Å². The topological polar surface area (TPSA) is 40.5 Å². The van der Waals surface area contributed by atoms with Gasteiger partial charge >= 0.3 is 5.97 Å². The van der Waals surface area contributed by atoms with E-state index in [1.807, 2.05) is 12.1 Å². The fourth-order valence-corrected chi connectivity index (χ4v) is 5.00. The number of benzene rings is 2. The first-order chi connectivity index (χ1) is 13.2. The van der Waals surface area contributed by atoms with Crippen LogP contribution in [-0.4, -0.2) is 17.6 Å². The van der Waals surface area contributed by atoms with Gasteiger partial charge in [-0.15, -0.1) is 0 Å². The number of hydrogen-bond donors (Lipinski definition) is 1. The van der Waals surface area contributed by atoms with Crippen LogP contribution in [0.3, 0.4) is 0 Å². The van der Waals surface area contributed by atoms with Crippen LogP contribution in [0.5, 0.6) is 0 Å². The highest BCUT2D eigenvalue weighted by atomic mass is 16.4. The van der Waals surface area contributed by atoms with Gasteiger partial charge in [0.25, 0.3) is 0 Å². The van der Waals surface area contributed by atoms with E-state index in [4.69, 9.17) is 5.11 Å². The number of nitrogens with zero attached hydrogens (tertiary/aromatic N) is 1. The third kappa shape index (κ3) is 3.60. The number of carboxylic acids is 1. The van der Waals surface area contributed by atoms with Crippen LogP contribution in [-0.2, 0) is 12.8 Å². The molecule has 0 bridgehead atoms. The highest BCUT2D eigenvalue weighted by Gasteiger charge is 2.25. The molecule has 2 aliphatic carbocycles.